The summed E-state index contributed by atoms with van der Waals surface area (Å²) in [6.07, 6.45) is 4.53. The van der Waals surface area contributed by atoms with Crippen molar-refractivity contribution in [3.8, 4) is 0 Å². The zero-order valence-corrected chi connectivity index (χ0v) is 11.8. The van der Waals surface area contributed by atoms with Crippen LogP contribution in [0.3, 0.4) is 0 Å². The molecule has 1 saturated carbocycles. The quantitative estimate of drug-likeness (QED) is 0.802. The Labute approximate surface area is 114 Å². The van der Waals surface area contributed by atoms with E-state index in [-0.39, 0.29) is 6.03 Å². The number of carboxylic acids is 1. The zero-order chi connectivity index (χ0) is 14.0. The van der Waals surface area contributed by atoms with Crippen molar-refractivity contribution in [1.82, 2.24) is 10.2 Å². The SMILES string of the molecule is CCCC1CC1NC(=O)N1CCC(CC)(C(=O)O)C1. The van der Waals surface area contributed by atoms with Crippen LogP contribution in [0, 0.1) is 11.3 Å². The fourth-order valence-electron chi connectivity index (χ4n) is 3.02. The van der Waals surface area contributed by atoms with Gasteiger partial charge in [-0.3, -0.25) is 4.79 Å². The second kappa shape index (κ2) is 5.39. The van der Waals surface area contributed by atoms with Crippen molar-refractivity contribution >= 4 is 12.0 Å². The first-order chi connectivity index (χ1) is 9.02. The van der Waals surface area contributed by atoms with Gasteiger partial charge < -0.3 is 15.3 Å². The minimum atomic E-state index is -0.777. The van der Waals surface area contributed by atoms with Crippen LogP contribution in [0.15, 0.2) is 0 Å². The van der Waals surface area contributed by atoms with E-state index in [2.05, 4.69) is 12.2 Å². The molecule has 2 fully saturated rings. The van der Waals surface area contributed by atoms with Crippen molar-refractivity contribution in [1.29, 1.82) is 0 Å². The average Bonchev–Trinajstić information content (AvgIpc) is 2.95. The molecule has 1 aliphatic carbocycles. The Kier molecular flexibility index (Phi) is 4.02. The third kappa shape index (κ3) is 2.85. The van der Waals surface area contributed by atoms with Crippen LogP contribution in [0.1, 0.15) is 46.0 Å². The van der Waals surface area contributed by atoms with Crippen molar-refractivity contribution in [2.24, 2.45) is 11.3 Å². The lowest BCUT2D eigenvalue weighted by molar-refractivity contribution is -0.148. The fraction of sp³-hybridized carbons (Fsp3) is 0.857. The number of carbonyl (C=O) groups excluding carboxylic acids is 1. The molecule has 1 heterocycles. The van der Waals surface area contributed by atoms with Gasteiger partial charge >= 0.3 is 12.0 Å². The number of nitrogens with one attached hydrogen (secondary N) is 1. The molecule has 1 saturated heterocycles. The molecule has 0 spiro atoms. The van der Waals surface area contributed by atoms with Gasteiger partial charge in [-0.25, -0.2) is 4.79 Å². The molecule has 0 radical (unpaired) electrons. The molecule has 0 aromatic rings. The standard InChI is InChI=1S/C14H24N2O3/c1-3-5-10-8-11(10)15-13(19)16-7-6-14(4-2,9-16)12(17)18/h10-11H,3-9H2,1-2H3,(H,15,19)(H,17,18). The summed E-state index contributed by atoms with van der Waals surface area (Å²) in [5.74, 6) is -0.146. The van der Waals surface area contributed by atoms with Gasteiger partial charge in [0, 0.05) is 19.1 Å². The van der Waals surface area contributed by atoms with Gasteiger partial charge in [-0.1, -0.05) is 20.3 Å². The molecule has 19 heavy (non-hydrogen) atoms. The summed E-state index contributed by atoms with van der Waals surface area (Å²) in [5, 5.41) is 12.3. The number of rotatable bonds is 5. The molecular formula is C14H24N2O3. The molecule has 2 aliphatic rings. The second-order valence-electron chi connectivity index (χ2n) is 5.95. The highest BCUT2D eigenvalue weighted by Gasteiger charge is 2.46. The Bertz CT molecular complexity index is 372. The van der Waals surface area contributed by atoms with Gasteiger partial charge in [-0.15, -0.1) is 0 Å². The van der Waals surface area contributed by atoms with Gasteiger partial charge in [0.2, 0.25) is 0 Å². The molecule has 3 unspecified atom stereocenters. The summed E-state index contributed by atoms with van der Waals surface area (Å²) in [6, 6.07) is 0.231. The molecule has 5 nitrogen and oxygen atoms in total. The lowest BCUT2D eigenvalue weighted by Crippen LogP contribution is -2.42. The third-order valence-electron chi connectivity index (χ3n) is 4.66. The van der Waals surface area contributed by atoms with E-state index in [4.69, 9.17) is 0 Å². The Balaban J connectivity index is 1.84. The number of aliphatic carboxylic acids is 1. The first kappa shape index (κ1) is 14.2. The van der Waals surface area contributed by atoms with Gasteiger partial charge in [0.1, 0.15) is 0 Å². The molecule has 1 aliphatic heterocycles. The highest BCUT2D eigenvalue weighted by molar-refractivity contribution is 5.80. The van der Waals surface area contributed by atoms with E-state index in [0.717, 1.165) is 12.8 Å². The molecular weight excluding hydrogens is 244 g/mol. The van der Waals surface area contributed by atoms with Gasteiger partial charge in [-0.05, 0) is 31.6 Å². The predicted molar refractivity (Wildman–Crippen MR) is 71.9 cm³/mol. The number of nitrogens with zero attached hydrogens (tertiary/aromatic N) is 1. The van der Waals surface area contributed by atoms with Crippen LogP contribution in [-0.4, -0.2) is 41.1 Å². The lowest BCUT2D eigenvalue weighted by atomic mass is 9.84. The number of carbonyl (C=O) groups is 2. The predicted octanol–water partition coefficient (Wildman–Crippen LogP) is 2.07. The van der Waals surface area contributed by atoms with Crippen molar-refractivity contribution in [3.05, 3.63) is 0 Å². The van der Waals surface area contributed by atoms with Crippen molar-refractivity contribution in [2.45, 2.75) is 52.0 Å². The van der Waals surface area contributed by atoms with Crippen LogP contribution < -0.4 is 5.32 Å². The number of urea groups is 1. The summed E-state index contributed by atoms with van der Waals surface area (Å²) < 4.78 is 0. The number of amides is 2. The molecule has 3 atom stereocenters. The molecule has 0 bridgehead atoms. The van der Waals surface area contributed by atoms with Crippen LogP contribution in [0.5, 0.6) is 0 Å². The van der Waals surface area contributed by atoms with E-state index in [1.165, 1.54) is 6.42 Å². The number of likely N-dealkylation sites (tertiary alicyclic amines) is 1. The topological polar surface area (TPSA) is 69.6 Å². The Morgan fingerprint density at radius 2 is 2.16 bits per heavy atom. The van der Waals surface area contributed by atoms with Crippen molar-refractivity contribution < 1.29 is 14.7 Å². The van der Waals surface area contributed by atoms with Gasteiger partial charge in [0.15, 0.2) is 0 Å². The van der Waals surface area contributed by atoms with E-state index in [1.54, 1.807) is 4.90 Å². The van der Waals surface area contributed by atoms with Crippen LogP contribution in [-0.2, 0) is 4.79 Å². The van der Waals surface area contributed by atoms with E-state index in [9.17, 15) is 14.7 Å². The Morgan fingerprint density at radius 1 is 1.42 bits per heavy atom. The molecule has 2 amide bonds. The van der Waals surface area contributed by atoms with Crippen LogP contribution >= 0.6 is 0 Å². The summed E-state index contributed by atoms with van der Waals surface area (Å²) >= 11 is 0. The Morgan fingerprint density at radius 3 is 2.68 bits per heavy atom. The van der Waals surface area contributed by atoms with E-state index < -0.39 is 11.4 Å². The van der Waals surface area contributed by atoms with E-state index in [1.807, 2.05) is 6.92 Å². The van der Waals surface area contributed by atoms with Gasteiger partial charge in [0.25, 0.3) is 0 Å². The summed E-state index contributed by atoms with van der Waals surface area (Å²) in [5.41, 5.74) is -0.732. The lowest BCUT2D eigenvalue weighted by Gasteiger charge is -2.23. The molecule has 2 N–H and O–H groups in total. The highest BCUT2D eigenvalue weighted by atomic mass is 16.4. The van der Waals surface area contributed by atoms with Crippen LogP contribution in [0.25, 0.3) is 0 Å². The first-order valence-corrected chi connectivity index (χ1v) is 7.31. The number of hydrogen-bond donors (Lipinski definition) is 2. The van der Waals surface area contributed by atoms with Crippen molar-refractivity contribution in [2.75, 3.05) is 13.1 Å². The third-order valence-corrected chi connectivity index (χ3v) is 4.66. The summed E-state index contributed by atoms with van der Waals surface area (Å²) in [4.78, 5) is 25.1. The minimum absolute atomic E-state index is 0.0832. The van der Waals surface area contributed by atoms with Crippen LogP contribution in [0.4, 0.5) is 4.79 Å². The monoisotopic (exact) mass is 268 g/mol. The molecule has 0 aromatic carbocycles. The fourth-order valence-corrected chi connectivity index (χ4v) is 3.02. The number of carboxylic acid groups (broad SMARTS) is 1. The average molecular weight is 268 g/mol. The molecule has 2 rings (SSSR count). The van der Waals surface area contributed by atoms with Gasteiger partial charge in [0.05, 0.1) is 5.41 Å². The number of hydrogen-bond acceptors (Lipinski definition) is 2. The van der Waals surface area contributed by atoms with E-state index in [0.29, 0.717) is 37.9 Å². The Hall–Kier alpha value is -1.26. The normalized spacial score (nSPS) is 33.3. The maximum atomic E-state index is 12.1. The van der Waals surface area contributed by atoms with Crippen molar-refractivity contribution in [3.63, 3.8) is 0 Å². The second-order valence-corrected chi connectivity index (χ2v) is 5.95. The molecule has 108 valence electrons. The summed E-state index contributed by atoms with van der Waals surface area (Å²) in [7, 11) is 0. The highest BCUT2D eigenvalue weighted by Crippen LogP contribution is 2.36. The minimum Gasteiger partial charge on any atom is -0.481 e. The smallest absolute Gasteiger partial charge is 0.317 e. The summed E-state index contributed by atoms with van der Waals surface area (Å²) in [6.45, 7) is 4.93. The zero-order valence-electron chi connectivity index (χ0n) is 11.8. The maximum absolute atomic E-state index is 12.1. The first-order valence-electron chi connectivity index (χ1n) is 7.31. The molecule has 0 aromatic heterocycles. The van der Waals surface area contributed by atoms with E-state index >= 15 is 0 Å². The maximum Gasteiger partial charge on any atom is 0.317 e. The molecule has 5 heteroatoms. The van der Waals surface area contributed by atoms with Gasteiger partial charge in [-0.2, -0.15) is 0 Å². The largest absolute Gasteiger partial charge is 0.481 e. The van der Waals surface area contributed by atoms with Crippen LogP contribution in [0.2, 0.25) is 0 Å².